The summed E-state index contributed by atoms with van der Waals surface area (Å²) in [4.78, 5) is 11.9. The predicted octanol–water partition coefficient (Wildman–Crippen LogP) is 2.43. The van der Waals surface area contributed by atoms with Gasteiger partial charge in [-0.05, 0) is 49.4 Å². The van der Waals surface area contributed by atoms with Crippen molar-refractivity contribution in [3.8, 4) is 0 Å². The van der Waals surface area contributed by atoms with Crippen LogP contribution in [-0.2, 0) is 9.53 Å². The van der Waals surface area contributed by atoms with Crippen LogP contribution in [0.4, 0.5) is 0 Å². The Morgan fingerprint density at radius 1 is 1.07 bits per heavy atom. The molecule has 0 radical (unpaired) electrons. The molecular weight excluding hydrogens is 344 g/mol. The van der Waals surface area contributed by atoms with Gasteiger partial charge in [-0.3, -0.25) is 4.79 Å². The molecule has 0 aromatic rings. The first-order valence-corrected chi connectivity index (χ1v) is 10.4. The van der Waals surface area contributed by atoms with E-state index in [1.807, 2.05) is 6.92 Å². The van der Waals surface area contributed by atoms with E-state index in [1.165, 1.54) is 6.92 Å². The highest BCUT2D eigenvalue weighted by atomic mass is 16.5. The Morgan fingerprint density at radius 2 is 1.78 bits per heavy atom. The molecule has 9 unspecified atom stereocenters. The predicted molar refractivity (Wildman–Crippen MR) is 101 cm³/mol. The molecular formula is C22H34O5. The third kappa shape index (κ3) is 2.25. The Labute approximate surface area is 161 Å². The van der Waals surface area contributed by atoms with E-state index in [2.05, 4.69) is 26.0 Å². The lowest BCUT2D eigenvalue weighted by atomic mass is 9.38. The van der Waals surface area contributed by atoms with Gasteiger partial charge < -0.3 is 20.1 Å². The molecule has 27 heavy (non-hydrogen) atoms. The Balaban J connectivity index is 1.82. The van der Waals surface area contributed by atoms with Crippen LogP contribution in [0, 0.1) is 33.5 Å². The third-order valence-electron chi connectivity index (χ3n) is 9.15. The van der Waals surface area contributed by atoms with E-state index in [-0.39, 0.29) is 41.3 Å². The second-order valence-corrected chi connectivity index (χ2v) is 10.4. The first kappa shape index (κ1) is 19.4. The molecule has 1 spiro atoms. The number of esters is 1. The zero-order chi connectivity index (χ0) is 19.8. The van der Waals surface area contributed by atoms with E-state index in [9.17, 15) is 20.1 Å². The summed E-state index contributed by atoms with van der Waals surface area (Å²) in [6.07, 6.45) is 6.67. The van der Waals surface area contributed by atoms with Gasteiger partial charge in [0.15, 0.2) is 0 Å². The minimum Gasteiger partial charge on any atom is -0.461 e. The van der Waals surface area contributed by atoms with Crippen LogP contribution >= 0.6 is 0 Å². The quantitative estimate of drug-likeness (QED) is 0.507. The molecule has 5 heteroatoms. The topological polar surface area (TPSA) is 87.0 Å². The van der Waals surface area contributed by atoms with E-state index in [0.717, 1.165) is 19.3 Å². The smallest absolute Gasteiger partial charge is 0.302 e. The van der Waals surface area contributed by atoms with Crippen molar-refractivity contribution < 1.29 is 24.9 Å². The molecule has 0 aromatic carbocycles. The van der Waals surface area contributed by atoms with Crippen LogP contribution in [-0.4, -0.2) is 46.2 Å². The summed E-state index contributed by atoms with van der Waals surface area (Å²) < 4.78 is 5.88. The fourth-order valence-corrected chi connectivity index (χ4v) is 7.66. The van der Waals surface area contributed by atoms with Gasteiger partial charge >= 0.3 is 5.97 Å². The lowest BCUT2D eigenvalue weighted by molar-refractivity contribution is -0.255. The molecule has 5 nitrogen and oxygen atoms in total. The SMILES string of the molecule is CC(=O)OC1C2(C)C=CC13C(O)CC1C(C)(CO)C(O)CCC1(C)C3CC2. The first-order chi connectivity index (χ1) is 12.5. The normalized spacial score (nSPS) is 56.3. The summed E-state index contributed by atoms with van der Waals surface area (Å²) in [7, 11) is 0. The van der Waals surface area contributed by atoms with Crippen LogP contribution < -0.4 is 0 Å². The maximum Gasteiger partial charge on any atom is 0.302 e. The number of aliphatic hydroxyl groups is 3. The van der Waals surface area contributed by atoms with Crippen LogP contribution in [0.2, 0.25) is 0 Å². The van der Waals surface area contributed by atoms with Gasteiger partial charge in [0.2, 0.25) is 0 Å². The van der Waals surface area contributed by atoms with E-state index < -0.39 is 23.0 Å². The molecule has 2 bridgehead atoms. The van der Waals surface area contributed by atoms with Gasteiger partial charge in [-0.2, -0.15) is 0 Å². The largest absolute Gasteiger partial charge is 0.461 e. The molecule has 4 aliphatic rings. The van der Waals surface area contributed by atoms with Gasteiger partial charge in [0.05, 0.1) is 24.2 Å². The number of aliphatic hydroxyl groups excluding tert-OH is 3. The summed E-state index contributed by atoms with van der Waals surface area (Å²) in [6.45, 7) is 7.73. The van der Waals surface area contributed by atoms with Crippen LogP contribution in [0.3, 0.4) is 0 Å². The average molecular weight is 379 g/mol. The average Bonchev–Trinajstić information content (AvgIpc) is 2.77. The molecule has 0 amide bonds. The molecule has 152 valence electrons. The Hall–Kier alpha value is -0.910. The summed E-state index contributed by atoms with van der Waals surface area (Å²) in [6, 6.07) is 0. The zero-order valence-electron chi connectivity index (χ0n) is 16.9. The molecule has 0 saturated heterocycles. The molecule has 9 atom stereocenters. The van der Waals surface area contributed by atoms with Gasteiger partial charge in [0.25, 0.3) is 0 Å². The molecule has 0 aromatic heterocycles. The van der Waals surface area contributed by atoms with Crippen LogP contribution in [0.5, 0.6) is 0 Å². The fraction of sp³-hybridized carbons (Fsp3) is 0.864. The van der Waals surface area contributed by atoms with E-state index in [1.54, 1.807) is 0 Å². The maximum atomic E-state index is 11.9. The van der Waals surface area contributed by atoms with Crippen molar-refractivity contribution in [1.29, 1.82) is 0 Å². The maximum absolute atomic E-state index is 11.9. The third-order valence-corrected chi connectivity index (χ3v) is 9.15. The van der Waals surface area contributed by atoms with Crippen molar-refractivity contribution in [2.45, 2.75) is 78.1 Å². The van der Waals surface area contributed by atoms with Crippen molar-refractivity contribution in [3.63, 3.8) is 0 Å². The van der Waals surface area contributed by atoms with Gasteiger partial charge in [-0.15, -0.1) is 0 Å². The first-order valence-electron chi connectivity index (χ1n) is 10.4. The number of hydrogen-bond donors (Lipinski definition) is 3. The number of carbonyl (C=O) groups excluding carboxylic acids is 1. The number of rotatable bonds is 2. The lowest BCUT2D eigenvalue weighted by Crippen LogP contribution is -2.69. The second kappa shape index (κ2) is 5.80. The number of fused-ring (bicyclic) bond motifs is 3. The van der Waals surface area contributed by atoms with E-state index in [0.29, 0.717) is 12.8 Å². The zero-order valence-corrected chi connectivity index (χ0v) is 16.9. The lowest BCUT2D eigenvalue weighted by Gasteiger charge is -2.67. The summed E-state index contributed by atoms with van der Waals surface area (Å²) in [5, 5.41) is 32.3. The Kier molecular flexibility index (Phi) is 4.17. The van der Waals surface area contributed by atoms with E-state index in [4.69, 9.17) is 4.74 Å². The monoisotopic (exact) mass is 378 g/mol. The standard InChI is InChI=1S/C22H34O5/c1-13(24)27-18-19(2)7-5-14-20(3)8-6-16(25)21(4,12-23)15(20)11-17(26)22(14,18)10-9-19/h9-10,14-18,23,25-26H,5-8,11-12H2,1-4H3. The van der Waals surface area contributed by atoms with Crippen molar-refractivity contribution in [3.05, 3.63) is 12.2 Å². The highest BCUT2D eigenvalue weighted by molar-refractivity contribution is 5.66. The molecule has 3 fully saturated rings. The van der Waals surface area contributed by atoms with Crippen LogP contribution in [0.1, 0.15) is 59.8 Å². The van der Waals surface area contributed by atoms with Crippen molar-refractivity contribution in [2.75, 3.05) is 6.61 Å². The van der Waals surface area contributed by atoms with Crippen LogP contribution in [0.15, 0.2) is 12.2 Å². The Bertz CT molecular complexity index is 676. The molecule has 3 N–H and O–H groups in total. The summed E-state index contributed by atoms with van der Waals surface area (Å²) >= 11 is 0. The van der Waals surface area contributed by atoms with Gasteiger partial charge in [0.1, 0.15) is 6.10 Å². The van der Waals surface area contributed by atoms with Crippen molar-refractivity contribution >= 4 is 5.97 Å². The van der Waals surface area contributed by atoms with Gasteiger partial charge in [-0.1, -0.05) is 32.9 Å². The highest BCUT2D eigenvalue weighted by Crippen LogP contribution is 2.72. The van der Waals surface area contributed by atoms with E-state index >= 15 is 0 Å². The molecule has 3 saturated carbocycles. The number of hydrogen-bond acceptors (Lipinski definition) is 5. The molecule has 0 aliphatic heterocycles. The minimum atomic E-state index is -0.653. The number of carbonyl (C=O) groups is 1. The summed E-state index contributed by atoms with van der Waals surface area (Å²) in [5.41, 5.74) is -1.54. The summed E-state index contributed by atoms with van der Waals surface area (Å²) in [5.74, 6) is -0.109. The van der Waals surface area contributed by atoms with Gasteiger partial charge in [0, 0.05) is 17.8 Å². The van der Waals surface area contributed by atoms with Crippen molar-refractivity contribution in [2.24, 2.45) is 33.5 Å². The van der Waals surface area contributed by atoms with Gasteiger partial charge in [-0.25, -0.2) is 0 Å². The molecule has 4 rings (SSSR count). The van der Waals surface area contributed by atoms with Crippen molar-refractivity contribution in [1.82, 2.24) is 0 Å². The minimum absolute atomic E-state index is 0.0284. The molecule has 4 aliphatic carbocycles. The van der Waals surface area contributed by atoms with Crippen LogP contribution in [0.25, 0.3) is 0 Å². The molecule has 0 heterocycles. The fourth-order valence-electron chi connectivity index (χ4n) is 7.66. The highest BCUT2D eigenvalue weighted by Gasteiger charge is 2.72. The second-order valence-electron chi connectivity index (χ2n) is 10.4. The number of ether oxygens (including phenoxy) is 1. The Morgan fingerprint density at radius 3 is 2.41 bits per heavy atom.